The topological polar surface area (TPSA) is 20.2 Å². The van der Waals surface area contributed by atoms with Crippen LogP contribution in [0.3, 0.4) is 0 Å². The summed E-state index contributed by atoms with van der Waals surface area (Å²) in [5, 5.41) is 9.15. The zero-order chi connectivity index (χ0) is 14.0. The van der Waals surface area contributed by atoms with E-state index in [4.69, 9.17) is 5.11 Å². The van der Waals surface area contributed by atoms with Gasteiger partial charge in [0.25, 0.3) is 0 Å². The Morgan fingerprint density at radius 3 is 2.21 bits per heavy atom. The fraction of sp³-hybridized carbons (Fsp3) is 0.0769. The fourth-order valence-electron chi connectivity index (χ4n) is 1.45. The van der Waals surface area contributed by atoms with E-state index < -0.39 is 11.7 Å². The third-order valence-electron chi connectivity index (χ3n) is 2.31. The first-order valence-electron chi connectivity index (χ1n) is 5.20. The quantitative estimate of drug-likeness (QED) is 0.791. The van der Waals surface area contributed by atoms with Gasteiger partial charge < -0.3 is 5.11 Å². The van der Waals surface area contributed by atoms with Crippen molar-refractivity contribution in [2.24, 2.45) is 0 Å². The van der Waals surface area contributed by atoms with E-state index in [1.807, 2.05) is 0 Å². The van der Waals surface area contributed by atoms with Crippen LogP contribution in [-0.4, -0.2) is 5.11 Å². The summed E-state index contributed by atoms with van der Waals surface area (Å²) >= 11 is 4.05. The first kappa shape index (κ1) is 14.3. The van der Waals surface area contributed by atoms with Crippen molar-refractivity contribution in [3.8, 4) is 5.75 Å². The lowest BCUT2D eigenvalue weighted by Gasteiger charge is -2.12. The highest BCUT2D eigenvalue weighted by Gasteiger charge is 2.33. The summed E-state index contributed by atoms with van der Waals surface area (Å²) in [6, 6.07) is 10.1. The Bertz CT molecular complexity index is 581. The highest BCUT2D eigenvalue weighted by atomic mass is 79.9. The van der Waals surface area contributed by atoms with Crippen LogP contribution in [0.1, 0.15) is 5.56 Å². The largest absolute Gasteiger partial charge is 0.508 e. The molecule has 0 aliphatic heterocycles. The predicted molar refractivity (Wildman–Crippen MR) is 71.4 cm³/mol. The molecule has 0 spiro atoms. The van der Waals surface area contributed by atoms with Crippen molar-refractivity contribution < 1.29 is 18.3 Å². The number of rotatable bonds is 2. The molecule has 100 valence electrons. The van der Waals surface area contributed by atoms with Crippen LogP contribution in [0.25, 0.3) is 0 Å². The van der Waals surface area contributed by atoms with E-state index in [9.17, 15) is 13.2 Å². The maximum Gasteiger partial charge on any atom is 0.417 e. The molecule has 0 amide bonds. The van der Waals surface area contributed by atoms with Crippen molar-refractivity contribution in [2.75, 3.05) is 0 Å². The fourth-order valence-corrected chi connectivity index (χ4v) is 2.76. The van der Waals surface area contributed by atoms with Crippen molar-refractivity contribution in [2.45, 2.75) is 16.0 Å². The van der Waals surface area contributed by atoms with Crippen molar-refractivity contribution in [1.29, 1.82) is 0 Å². The van der Waals surface area contributed by atoms with Gasteiger partial charge in [0.15, 0.2) is 0 Å². The standard InChI is InChI=1S/C13H8BrF3OS/c14-8-1-6-12(11(7-8)13(15,16)17)19-10-4-2-9(18)3-5-10/h1-7,18H. The minimum absolute atomic E-state index is 0.0798. The number of halogens is 4. The summed E-state index contributed by atoms with van der Waals surface area (Å²) in [5.74, 6) is 0.0798. The molecule has 0 bridgehead atoms. The molecule has 0 radical (unpaired) electrons. The first-order valence-corrected chi connectivity index (χ1v) is 6.81. The van der Waals surface area contributed by atoms with Crippen LogP contribution in [0.4, 0.5) is 13.2 Å². The Morgan fingerprint density at radius 2 is 1.63 bits per heavy atom. The number of aromatic hydroxyl groups is 1. The zero-order valence-electron chi connectivity index (χ0n) is 9.41. The lowest BCUT2D eigenvalue weighted by molar-refractivity contribution is -0.139. The molecule has 19 heavy (non-hydrogen) atoms. The summed E-state index contributed by atoms with van der Waals surface area (Å²) in [4.78, 5) is 0.756. The molecule has 2 aromatic rings. The lowest BCUT2D eigenvalue weighted by Crippen LogP contribution is -2.06. The molecular formula is C13H8BrF3OS. The van der Waals surface area contributed by atoms with Gasteiger partial charge in [0.1, 0.15) is 5.75 Å². The molecule has 2 rings (SSSR count). The highest BCUT2D eigenvalue weighted by molar-refractivity contribution is 9.10. The number of hydrogen-bond donors (Lipinski definition) is 1. The summed E-state index contributed by atoms with van der Waals surface area (Å²) < 4.78 is 39.1. The Hall–Kier alpha value is -1.14. The van der Waals surface area contributed by atoms with Crippen LogP contribution in [0.15, 0.2) is 56.7 Å². The predicted octanol–water partition coefficient (Wildman–Crippen LogP) is 5.32. The van der Waals surface area contributed by atoms with Crippen LogP contribution in [0, 0.1) is 0 Å². The molecule has 0 heterocycles. The van der Waals surface area contributed by atoms with Crippen LogP contribution in [0.5, 0.6) is 5.75 Å². The number of phenolic OH excluding ortho intramolecular Hbond substituents is 1. The third-order valence-corrected chi connectivity index (χ3v) is 3.89. The van der Waals surface area contributed by atoms with Crippen molar-refractivity contribution >= 4 is 27.7 Å². The molecule has 0 fully saturated rings. The zero-order valence-corrected chi connectivity index (χ0v) is 11.8. The average molecular weight is 349 g/mol. The van der Waals surface area contributed by atoms with Gasteiger partial charge in [-0.1, -0.05) is 27.7 Å². The molecule has 0 aromatic heterocycles. The van der Waals surface area contributed by atoms with Gasteiger partial charge in [0.05, 0.1) is 5.56 Å². The van der Waals surface area contributed by atoms with Crippen molar-refractivity contribution in [3.63, 3.8) is 0 Å². The van der Waals surface area contributed by atoms with E-state index in [1.165, 1.54) is 18.2 Å². The number of phenols is 1. The molecule has 0 unspecified atom stereocenters. The summed E-state index contributed by atoms with van der Waals surface area (Å²) in [6.07, 6.45) is -4.40. The van der Waals surface area contributed by atoms with Gasteiger partial charge in [-0.2, -0.15) is 13.2 Å². The van der Waals surface area contributed by atoms with Crippen molar-refractivity contribution in [1.82, 2.24) is 0 Å². The van der Waals surface area contributed by atoms with E-state index in [1.54, 1.807) is 18.2 Å². The highest BCUT2D eigenvalue weighted by Crippen LogP contribution is 2.40. The molecule has 1 N–H and O–H groups in total. The second kappa shape index (κ2) is 5.46. The number of alkyl halides is 3. The van der Waals surface area contributed by atoms with E-state index in [0.29, 0.717) is 9.37 Å². The molecule has 0 atom stereocenters. The van der Waals surface area contributed by atoms with E-state index in [0.717, 1.165) is 17.8 Å². The second-order valence-electron chi connectivity index (χ2n) is 3.73. The minimum atomic E-state index is -4.40. The number of hydrogen-bond acceptors (Lipinski definition) is 2. The molecule has 1 nitrogen and oxygen atoms in total. The molecule has 0 aliphatic carbocycles. The molecule has 2 aromatic carbocycles. The van der Waals surface area contributed by atoms with Crippen LogP contribution >= 0.6 is 27.7 Å². The minimum Gasteiger partial charge on any atom is -0.508 e. The van der Waals surface area contributed by atoms with E-state index in [2.05, 4.69) is 15.9 Å². The van der Waals surface area contributed by atoms with Crippen molar-refractivity contribution in [3.05, 3.63) is 52.5 Å². The van der Waals surface area contributed by atoms with Crippen LogP contribution in [0.2, 0.25) is 0 Å². The maximum atomic E-state index is 12.9. The Kier molecular flexibility index (Phi) is 4.10. The molecule has 0 saturated carbocycles. The first-order chi connectivity index (χ1) is 8.86. The van der Waals surface area contributed by atoms with Gasteiger partial charge in [-0.05, 0) is 42.5 Å². The normalized spacial score (nSPS) is 11.6. The summed E-state index contributed by atoms with van der Waals surface area (Å²) in [6.45, 7) is 0. The Morgan fingerprint density at radius 1 is 1.00 bits per heavy atom. The maximum absolute atomic E-state index is 12.9. The van der Waals surface area contributed by atoms with Crippen LogP contribution in [-0.2, 0) is 6.18 Å². The second-order valence-corrected chi connectivity index (χ2v) is 5.77. The van der Waals surface area contributed by atoms with E-state index >= 15 is 0 Å². The van der Waals surface area contributed by atoms with E-state index in [-0.39, 0.29) is 10.6 Å². The molecule has 0 saturated heterocycles. The third kappa shape index (κ3) is 3.67. The van der Waals surface area contributed by atoms with Gasteiger partial charge in [-0.15, -0.1) is 0 Å². The molecule has 0 aliphatic rings. The van der Waals surface area contributed by atoms with Gasteiger partial charge >= 0.3 is 6.18 Å². The average Bonchev–Trinajstić information content (AvgIpc) is 2.33. The van der Waals surface area contributed by atoms with Gasteiger partial charge in [0, 0.05) is 14.3 Å². The summed E-state index contributed by atoms with van der Waals surface area (Å²) in [5.41, 5.74) is -0.681. The number of benzene rings is 2. The Labute approximate surface area is 120 Å². The molecule has 6 heteroatoms. The molecular weight excluding hydrogens is 341 g/mol. The Balaban J connectivity index is 2.37. The smallest absolute Gasteiger partial charge is 0.417 e. The van der Waals surface area contributed by atoms with Crippen LogP contribution < -0.4 is 0 Å². The van der Waals surface area contributed by atoms with Gasteiger partial charge in [-0.3, -0.25) is 0 Å². The monoisotopic (exact) mass is 348 g/mol. The van der Waals surface area contributed by atoms with Gasteiger partial charge in [-0.25, -0.2) is 0 Å². The SMILES string of the molecule is Oc1ccc(Sc2ccc(Br)cc2C(F)(F)F)cc1. The van der Waals surface area contributed by atoms with Gasteiger partial charge in [0.2, 0.25) is 0 Å². The summed E-state index contributed by atoms with van der Waals surface area (Å²) in [7, 11) is 0. The lowest BCUT2D eigenvalue weighted by atomic mass is 10.2.